The van der Waals surface area contributed by atoms with Crippen molar-refractivity contribution in [2.75, 3.05) is 13.6 Å². The molecule has 2 unspecified atom stereocenters. The van der Waals surface area contributed by atoms with Crippen molar-refractivity contribution in [1.29, 1.82) is 0 Å². The van der Waals surface area contributed by atoms with E-state index in [-0.39, 0.29) is 6.04 Å². The summed E-state index contributed by atoms with van der Waals surface area (Å²) in [5.74, 6) is 1.79. The molecule has 1 aromatic rings. The van der Waals surface area contributed by atoms with Crippen LogP contribution >= 0.6 is 15.9 Å². The van der Waals surface area contributed by atoms with Gasteiger partial charge in [-0.1, -0.05) is 0 Å². The molecule has 1 aromatic heterocycles. The van der Waals surface area contributed by atoms with Crippen LogP contribution in [0, 0.1) is 5.92 Å². The fourth-order valence-corrected chi connectivity index (χ4v) is 2.50. The first-order chi connectivity index (χ1) is 7.63. The van der Waals surface area contributed by atoms with Crippen LogP contribution in [0.3, 0.4) is 0 Å². The van der Waals surface area contributed by atoms with Gasteiger partial charge in [0, 0.05) is 12.6 Å². The van der Waals surface area contributed by atoms with Crippen LogP contribution in [0.5, 0.6) is 0 Å². The van der Waals surface area contributed by atoms with Gasteiger partial charge in [0.1, 0.15) is 5.76 Å². The molecule has 0 aromatic carbocycles. The molecular formula is C12H19BrN2O. The topological polar surface area (TPSA) is 42.4 Å². The van der Waals surface area contributed by atoms with Gasteiger partial charge in [-0.05, 0) is 60.8 Å². The van der Waals surface area contributed by atoms with Crippen molar-refractivity contribution in [3.05, 3.63) is 22.6 Å². The van der Waals surface area contributed by atoms with Gasteiger partial charge in [-0.15, -0.1) is 0 Å². The highest BCUT2D eigenvalue weighted by Gasteiger charge is 2.34. The Bertz CT molecular complexity index is 349. The summed E-state index contributed by atoms with van der Waals surface area (Å²) in [6.45, 7) is 2.87. The number of halogens is 1. The van der Waals surface area contributed by atoms with E-state index in [0.717, 1.165) is 16.3 Å². The van der Waals surface area contributed by atoms with E-state index in [2.05, 4.69) is 34.8 Å². The molecule has 1 heterocycles. The molecule has 0 radical (unpaired) electrons. The van der Waals surface area contributed by atoms with Gasteiger partial charge in [0.25, 0.3) is 0 Å². The normalized spacial score (nSPS) is 20.1. The Labute approximate surface area is 105 Å². The molecule has 3 nitrogen and oxygen atoms in total. The van der Waals surface area contributed by atoms with E-state index < -0.39 is 0 Å². The van der Waals surface area contributed by atoms with Crippen LogP contribution in [-0.4, -0.2) is 24.5 Å². The number of nitrogens with zero attached hydrogens (tertiary/aromatic N) is 1. The Hall–Kier alpha value is -0.320. The molecule has 1 saturated carbocycles. The summed E-state index contributed by atoms with van der Waals surface area (Å²) in [5, 5.41) is 0. The zero-order chi connectivity index (χ0) is 11.7. The van der Waals surface area contributed by atoms with Crippen molar-refractivity contribution in [3.8, 4) is 0 Å². The standard InChI is InChI=1S/C12H19BrN2O/c1-8(9-3-4-9)15(2)10(7-14)11-5-6-12(13)16-11/h5-6,8-10H,3-4,7,14H2,1-2H3. The molecule has 0 spiro atoms. The highest BCUT2D eigenvalue weighted by Crippen LogP contribution is 2.37. The fourth-order valence-electron chi connectivity index (χ4n) is 2.19. The van der Waals surface area contributed by atoms with Crippen LogP contribution in [0.1, 0.15) is 31.6 Å². The van der Waals surface area contributed by atoms with Gasteiger partial charge >= 0.3 is 0 Å². The van der Waals surface area contributed by atoms with Gasteiger partial charge in [0.2, 0.25) is 0 Å². The molecule has 90 valence electrons. The molecule has 0 aliphatic heterocycles. The molecule has 1 aliphatic carbocycles. The summed E-state index contributed by atoms with van der Waals surface area (Å²) < 4.78 is 6.37. The second kappa shape index (κ2) is 4.90. The Morgan fingerprint density at radius 3 is 2.69 bits per heavy atom. The largest absolute Gasteiger partial charge is 0.453 e. The summed E-state index contributed by atoms with van der Waals surface area (Å²) in [4.78, 5) is 2.34. The second-order valence-electron chi connectivity index (χ2n) is 4.64. The summed E-state index contributed by atoms with van der Waals surface area (Å²) in [5.41, 5.74) is 5.86. The van der Waals surface area contributed by atoms with E-state index in [1.807, 2.05) is 12.1 Å². The van der Waals surface area contributed by atoms with Gasteiger partial charge in [0.05, 0.1) is 6.04 Å². The Morgan fingerprint density at radius 2 is 2.25 bits per heavy atom. The average molecular weight is 287 g/mol. The number of nitrogens with two attached hydrogens (primary N) is 1. The molecule has 0 amide bonds. The molecule has 4 heteroatoms. The number of likely N-dealkylation sites (N-methyl/N-ethyl adjacent to an activating group) is 1. The Balaban J connectivity index is 2.08. The van der Waals surface area contributed by atoms with Crippen molar-refractivity contribution in [3.63, 3.8) is 0 Å². The lowest BCUT2D eigenvalue weighted by molar-refractivity contribution is 0.152. The lowest BCUT2D eigenvalue weighted by Gasteiger charge is -2.31. The van der Waals surface area contributed by atoms with Crippen LogP contribution < -0.4 is 5.73 Å². The molecule has 16 heavy (non-hydrogen) atoms. The van der Waals surface area contributed by atoms with Crippen LogP contribution in [0.15, 0.2) is 21.2 Å². The fraction of sp³-hybridized carbons (Fsp3) is 0.667. The third-order valence-corrected chi connectivity index (χ3v) is 4.01. The van der Waals surface area contributed by atoms with Gasteiger partial charge in [-0.2, -0.15) is 0 Å². The monoisotopic (exact) mass is 286 g/mol. The van der Waals surface area contributed by atoms with Gasteiger partial charge in [0.15, 0.2) is 4.67 Å². The first-order valence-corrected chi connectivity index (χ1v) is 6.60. The van der Waals surface area contributed by atoms with E-state index in [0.29, 0.717) is 12.6 Å². The smallest absolute Gasteiger partial charge is 0.169 e. The molecule has 2 N–H and O–H groups in total. The maximum Gasteiger partial charge on any atom is 0.169 e. The van der Waals surface area contributed by atoms with Gasteiger partial charge in [-0.3, -0.25) is 4.90 Å². The minimum Gasteiger partial charge on any atom is -0.453 e. The number of rotatable bonds is 5. The Kier molecular flexibility index (Phi) is 3.72. The third kappa shape index (κ3) is 2.50. The van der Waals surface area contributed by atoms with Crippen molar-refractivity contribution in [2.45, 2.75) is 31.8 Å². The quantitative estimate of drug-likeness (QED) is 0.905. The van der Waals surface area contributed by atoms with Crippen LogP contribution in [0.2, 0.25) is 0 Å². The lowest BCUT2D eigenvalue weighted by Crippen LogP contribution is -2.38. The predicted octanol–water partition coefficient (Wildman–Crippen LogP) is 2.77. The van der Waals surface area contributed by atoms with Crippen LogP contribution in [0.4, 0.5) is 0 Å². The Morgan fingerprint density at radius 1 is 1.56 bits per heavy atom. The SMILES string of the molecule is CC(C1CC1)N(C)C(CN)c1ccc(Br)o1. The number of hydrogen-bond acceptors (Lipinski definition) is 3. The van der Waals surface area contributed by atoms with E-state index in [1.54, 1.807) is 0 Å². The highest BCUT2D eigenvalue weighted by molar-refractivity contribution is 9.10. The van der Waals surface area contributed by atoms with Gasteiger partial charge in [-0.25, -0.2) is 0 Å². The van der Waals surface area contributed by atoms with E-state index in [9.17, 15) is 0 Å². The molecule has 2 rings (SSSR count). The minimum atomic E-state index is 0.182. The molecule has 1 fully saturated rings. The summed E-state index contributed by atoms with van der Waals surface area (Å²) in [6.07, 6.45) is 2.70. The summed E-state index contributed by atoms with van der Waals surface area (Å²) in [7, 11) is 2.14. The lowest BCUT2D eigenvalue weighted by atomic mass is 10.1. The van der Waals surface area contributed by atoms with E-state index >= 15 is 0 Å². The summed E-state index contributed by atoms with van der Waals surface area (Å²) in [6, 6.07) is 4.69. The zero-order valence-electron chi connectivity index (χ0n) is 9.82. The summed E-state index contributed by atoms with van der Waals surface area (Å²) >= 11 is 3.33. The maximum absolute atomic E-state index is 5.86. The molecule has 1 aliphatic rings. The second-order valence-corrected chi connectivity index (χ2v) is 5.42. The minimum absolute atomic E-state index is 0.182. The first kappa shape index (κ1) is 12.1. The molecule has 0 bridgehead atoms. The van der Waals surface area contributed by atoms with Crippen molar-refractivity contribution >= 4 is 15.9 Å². The van der Waals surface area contributed by atoms with E-state index in [4.69, 9.17) is 10.2 Å². The van der Waals surface area contributed by atoms with Gasteiger partial charge < -0.3 is 10.2 Å². The number of hydrogen-bond donors (Lipinski definition) is 1. The molecular weight excluding hydrogens is 268 g/mol. The maximum atomic E-state index is 5.86. The van der Waals surface area contributed by atoms with E-state index in [1.165, 1.54) is 12.8 Å². The van der Waals surface area contributed by atoms with Crippen LogP contribution in [-0.2, 0) is 0 Å². The first-order valence-electron chi connectivity index (χ1n) is 5.80. The van der Waals surface area contributed by atoms with Crippen molar-refractivity contribution in [2.24, 2.45) is 11.7 Å². The highest BCUT2D eigenvalue weighted by atomic mass is 79.9. The zero-order valence-corrected chi connectivity index (χ0v) is 11.4. The number of furan rings is 1. The molecule has 2 atom stereocenters. The predicted molar refractivity (Wildman–Crippen MR) is 68.2 cm³/mol. The third-order valence-electron chi connectivity index (χ3n) is 3.58. The van der Waals surface area contributed by atoms with Crippen molar-refractivity contribution in [1.82, 2.24) is 4.90 Å². The van der Waals surface area contributed by atoms with Crippen LogP contribution in [0.25, 0.3) is 0 Å². The van der Waals surface area contributed by atoms with Crippen molar-refractivity contribution < 1.29 is 4.42 Å². The average Bonchev–Trinajstić information content (AvgIpc) is 3.03. The molecule has 0 saturated heterocycles.